The third-order valence-electron chi connectivity index (χ3n) is 4.18. The van der Waals surface area contributed by atoms with Gasteiger partial charge >= 0.3 is 0 Å². The molecule has 5 heteroatoms. The topological polar surface area (TPSA) is 44.9 Å². The molecule has 4 rings (SSSR count). The highest BCUT2D eigenvalue weighted by molar-refractivity contribution is 5.87. The van der Waals surface area contributed by atoms with Gasteiger partial charge in [-0.15, -0.1) is 0 Å². The number of hydrogen-bond donors (Lipinski definition) is 0. The molecule has 0 amide bonds. The summed E-state index contributed by atoms with van der Waals surface area (Å²) in [6.45, 7) is 4.08. The lowest BCUT2D eigenvalue weighted by molar-refractivity contribution is 0.414. The number of fused-ring (bicyclic) bond motifs is 1. The van der Waals surface area contributed by atoms with Gasteiger partial charge in [0, 0.05) is 29.7 Å². The molecule has 0 saturated carbocycles. The van der Waals surface area contributed by atoms with Gasteiger partial charge in [0.25, 0.3) is 0 Å². The Kier molecular flexibility index (Phi) is 3.34. The van der Waals surface area contributed by atoms with Crippen molar-refractivity contribution in [3.05, 3.63) is 66.2 Å². The van der Waals surface area contributed by atoms with Gasteiger partial charge in [-0.1, -0.05) is 0 Å². The molecule has 24 heavy (non-hydrogen) atoms. The van der Waals surface area contributed by atoms with E-state index in [4.69, 9.17) is 9.72 Å². The first-order chi connectivity index (χ1) is 11.7. The molecule has 0 aliphatic heterocycles. The fourth-order valence-electron chi connectivity index (χ4n) is 3.03. The van der Waals surface area contributed by atoms with Crippen LogP contribution in [0.2, 0.25) is 0 Å². The van der Waals surface area contributed by atoms with Crippen LogP contribution in [0.25, 0.3) is 22.4 Å². The summed E-state index contributed by atoms with van der Waals surface area (Å²) in [5.41, 5.74) is 5.14. The SMILES string of the molecule is COc1ccc(-n2ccc3c(-n4cccn4)cc(C)nc32)c(C)c1. The molecular weight excluding hydrogens is 300 g/mol. The number of aromatic nitrogens is 4. The Morgan fingerprint density at radius 2 is 1.88 bits per heavy atom. The summed E-state index contributed by atoms with van der Waals surface area (Å²) in [6.07, 6.45) is 5.79. The second-order valence-electron chi connectivity index (χ2n) is 5.81. The summed E-state index contributed by atoms with van der Waals surface area (Å²) in [6, 6.07) is 12.1. The minimum atomic E-state index is 0.856. The molecule has 0 unspecified atom stereocenters. The van der Waals surface area contributed by atoms with Crippen molar-refractivity contribution in [3.8, 4) is 17.1 Å². The maximum atomic E-state index is 5.31. The Balaban J connectivity index is 1.96. The molecule has 0 atom stereocenters. The number of methoxy groups -OCH3 is 1. The van der Waals surface area contributed by atoms with E-state index in [0.29, 0.717) is 0 Å². The minimum Gasteiger partial charge on any atom is -0.497 e. The molecule has 3 heterocycles. The molecule has 0 N–H and O–H groups in total. The van der Waals surface area contributed by atoms with Gasteiger partial charge < -0.3 is 9.30 Å². The van der Waals surface area contributed by atoms with Crippen LogP contribution in [0, 0.1) is 13.8 Å². The lowest BCUT2D eigenvalue weighted by Crippen LogP contribution is -2.01. The Morgan fingerprint density at radius 1 is 1.00 bits per heavy atom. The molecule has 0 saturated heterocycles. The number of ether oxygens (including phenoxy) is 1. The van der Waals surface area contributed by atoms with Crippen LogP contribution in [0.1, 0.15) is 11.3 Å². The maximum Gasteiger partial charge on any atom is 0.146 e. The molecule has 0 bridgehead atoms. The Bertz CT molecular complexity index is 1020. The summed E-state index contributed by atoms with van der Waals surface area (Å²) >= 11 is 0. The Hall–Kier alpha value is -3.08. The Labute approximate surface area is 140 Å². The maximum absolute atomic E-state index is 5.31. The number of nitrogens with zero attached hydrogens (tertiary/aromatic N) is 4. The first-order valence-electron chi connectivity index (χ1n) is 7.81. The van der Waals surface area contributed by atoms with Crippen LogP contribution in [0.5, 0.6) is 5.75 Å². The van der Waals surface area contributed by atoms with E-state index in [1.54, 1.807) is 13.3 Å². The van der Waals surface area contributed by atoms with Gasteiger partial charge in [0.15, 0.2) is 0 Å². The van der Waals surface area contributed by atoms with Gasteiger partial charge in [-0.25, -0.2) is 9.67 Å². The van der Waals surface area contributed by atoms with Crippen LogP contribution < -0.4 is 4.74 Å². The third kappa shape index (κ3) is 2.25. The molecule has 4 aromatic rings. The lowest BCUT2D eigenvalue weighted by atomic mass is 10.2. The van der Waals surface area contributed by atoms with Crippen molar-refractivity contribution in [2.24, 2.45) is 0 Å². The van der Waals surface area contributed by atoms with Crippen molar-refractivity contribution in [3.63, 3.8) is 0 Å². The van der Waals surface area contributed by atoms with Crippen LogP contribution in [0.4, 0.5) is 0 Å². The van der Waals surface area contributed by atoms with Crippen molar-refractivity contribution < 1.29 is 4.74 Å². The van der Waals surface area contributed by atoms with Crippen LogP contribution in [-0.2, 0) is 0 Å². The van der Waals surface area contributed by atoms with E-state index in [-0.39, 0.29) is 0 Å². The molecule has 120 valence electrons. The van der Waals surface area contributed by atoms with E-state index in [0.717, 1.165) is 39.4 Å². The fraction of sp³-hybridized carbons (Fsp3) is 0.158. The first-order valence-corrected chi connectivity index (χ1v) is 7.81. The number of hydrogen-bond acceptors (Lipinski definition) is 3. The normalized spacial score (nSPS) is 11.1. The van der Waals surface area contributed by atoms with Crippen LogP contribution in [0.3, 0.4) is 0 Å². The number of pyridine rings is 1. The van der Waals surface area contributed by atoms with E-state index >= 15 is 0 Å². The summed E-state index contributed by atoms with van der Waals surface area (Å²) in [4.78, 5) is 4.76. The molecule has 0 fully saturated rings. The highest BCUT2D eigenvalue weighted by atomic mass is 16.5. The monoisotopic (exact) mass is 318 g/mol. The highest BCUT2D eigenvalue weighted by Gasteiger charge is 2.13. The zero-order valence-electron chi connectivity index (χ0n) is 13.9. The molecule has 3 aromatic heterocycles. The van der Waals surface area contributed by atoms with E-state index in [2.05, 4.69) is 41.0 Å². The van der Waals surface area contributed by atoms with Gasteiger partial charge in [0.05, 0.1) is 18.5 Å². The average molecular weight is 318 g/mol. The molecule has 1 aromatic carbocycles. The average Bonchev–Trinajstić information content (AvgIpc) is 3.23. The highest BCUT2D eigenvalue weighted by Crippen LogP contribution is 2.28. The predicted octanol–water partition coefficient (Wildman–Crippen LogP) is 3.84. The molecular formula is C19H18N4O. The second-order valence-corrected chi connectivity index (χ2v) is 5.81. The summed E-state index contributed by atoms with van der Waals surface area (Å²) in [5, 5.41) is 5.43. The number of benzene rings is 1. The van der Waals surface area contributed by atoms with Crippen molar-refractivity contribution in [1.82, 2.24) is 19.3 Å². The summed E-state index contributed by atoms with van der Waals surface area (Å²) < 4.78 is 9.30. The lowest BCUT2D eigenvalue weighted by Gasteiger charge is -2.11. The molecule has 0 aliphatic carbocycles. The Morgan fingerprint density at radius 3 is 2.58 bits per heavy atom. The largest absolute Gasteiger partial charge is 0.497 e. The van der Waals surface area contributed by atoms with E-state index in [1.807, 2.05) is 36.0 Å². The zero-order valence-corrected chi connectivity index (χ0v) is 13.9. The molecule has 0 spiro atoms. The van der Waals surface area contributed by atoms with E-state index in [9.17, 15) is 0 Å². The predicted molar refractivity (Wildman–Crippen MR) is 94.2 cm³/mol. The minimum absolute atomic E-state index is 0.856. The second kappa shape index (κ2) is 5.53. The van der Waals surface area contributed by atoms with Crippen molar-refractivity contribution in [1.29, 1.82) is 0 Å². The van der Waals surface area contributed by atoms with Crippen molar-refractivity contribution in [2.75, 3.05) is 7.11 Å². The number of aryl methyl sites for hydroxylation is 2. The summed E-state index contributed by atoms with van der Waals surface area (Å²) in [7, 11) is 1.68. The molecule has 0 aliphatic rings. The van der Waals surface area contributed by atoms with E-state index < -0.39 is 0 Å². The molecule has 0 radical (unpaired) electrons. The van der Waals surface area contributed by atoms with Gasteiger partial charge in [-0.3, -0.25) is 0 Å². The van der Waals surface area contributed by atoms with Crippen LogP contribution >= 0.6 is 0 Å². The van der Waals surface area contributed by atoms with Gasteiger partial charge in [0.1, 0.15) is 11.4 Å². The number of rotatable bonds is 3. The zero-order chi connectivity index (χ0) is 16.7. The van der Waals surface area contributed by atoms with E-state index in [1.165, 1.54) is 0 Å². The van der Waals surface area contributed by atoms with Crippen molar-refractivity contribution in [2.45, 2.75) is 13.8 Å². The first kappa shape index (κ1) is 14.5. The quantitative estimate of drug-likeness (QED) is 0.576. The van der Waals surface area contributed by atoms with Gasteiger partial charge in [-0.05, 0) is 55.8 Å². The van der Waals surface area contributed by atoms with Crippen LogP contribution in [0.15, 0.2) is 55.0 Å². The van der Waals surface area contributed by atoms with Gasteiger partial charge in [-0.2, -0.15) is 5.10 Å². The summed E-state index contributed by atoms with van der Waals surface area (Å²) in [5.74, 6) is 0.856. The third-order valence-corrected chi connectivity index (χ3v) is 4.18. The van der Waals surface area contributed by atoms with Crippen LogP contribution in [-0.4, -0.2) is 26.4 Å². The standard InChI is InChI=1S/C19H18N4O/c1-13-11-15(24-3)5-6-17(13)22-10-7-16-18(23-9-4-8-20-23)12-14(2)21-19(16)22/h4-12H,1-3H3. The van der Waals surface area contributed by atoms with Crippen molar-refractivity contribution >= 4 is 11.0 Å². The fourth-order valence-corrected chi connectivity index (χ4v) is 3.03. The van der Waals surface area contributed by atoms with Gasteiger partial charge in [0.2, 0.25) is 0 Å². The molecule has 5 nitrogen and oxygen atoms in total. The smallest absolute Gasteiger partial charge is 0.146 e.